The highest BCUT2D eigenvalue weighted by atomic mass is 35.5. The Hall–Kier alpha value is -3.56. The summed E-state index contributed by atoms with van der Waals surface area (Å²) in [7, 11) is 1.57. The van der Waals surface area contributed by atoms with Gasteiger partial charge in [-0.2, -0.15) is 0 Å². The highest BCUT2D eigenvalue weighted by Gasteiger charge is 2.16. The van der Waals surface area contributed by atoms with Gasteiger partial charge in [0.1, 0.15) is 23.6 Å². The molecule has 3 aromatic rings. The lowest BCUT2D eigenvalue weighted by atomic mass is 10.2. The molecule has 0 amide bonds. The molecule has 0 spiro atoms. The van der Waals surface area contributed by atoms with Gasteiger partial charge in [0.05, 0.1) is 20.3 Å². The summed E-state index contributed by atoms with van der Waals surface area (Å²) in [5, 5.41) is 16.3. The van der Waals surface area contributed by atoms with Crippen LogP contribution in [0.4, 0.5) is 23.0 Å². The maximum absolute atomic E-state index is 11.9. The third kappa shape index (κ3) is 8.28. The molecule has 10 heteroatoms. The monoisotopic (exact) mass is 514 g/mol. The molecule has 0 bridgehead atoms. The minimum Gasteiger partial charge on any atom is -0.493 e. The molecule has 3 rings (SSSR count). The molecule has 0 atom stereocenters. The van der Waals surface area contributed by atoms with E-state index in [1.807, 2.05) is 26.8 Å². The quantitative estimate of drug-likeness (QED) is 0.221. The summed E-state index contributed by atoms with van der Waals surface area (Å²) in [6.07, 6.45) is 2.21. The molecule has 0 unspecified atom stereocenters. The van der Waals surface area contributed by atoms with Crippen LogP contribution in [0.3, 0.4) is 0 Å². The summed E-state index contributed by atoms with van der Waals surface area (Å²) in [6.45, 7) is 5.69. The fraction of sp³-hybridized carbons (Fsp3) is 0.346. The number of carbonyl (C=O) groups is 1. The largest absolute Gasteiger partial charge is 0.493 e. The van der Waals surface area contributed by atoms with Crippen molar-refractivity contribution in [2.24, 2.45) is 0 Å². The second kappa shape index (κ2) is 12.4. The predicted molar refractivity (Wildman–Crippen MR) is 140 cm³/mol. The maximum atomic E-state index is 11.9. The number of methoxy groups -OCH3 is 1. The van der Waals surface area contributed by atoms with E-state index in [-0.39, 0.29) is 19.0 Å². The molecule has 2 aromatic carbocycles. The van der Waals surface area contributed by atoms with Crippen LogP contribution in [0.1, 0.15) is 39.2 Å². The number of halogens is 1. The highest BCUT2D eigenvalue weighted by molar-refractivity contribution is 6.31. The number of benzene rings is 2. The van der Waals surface area contributed by atoms with Gasteiger partial charge in [0.25, 0.3) is 0 Å². The first-order valence-electron chi connectivity index (χ1n) is 11.4. The van der Waals surface area contributed by atoms with Gasteiger partial charge >= 0.3 is 5.97 Å². The molecule has 0 radical (unpaired) electrons. The van der Waals surface area contributed by atoms with Gasteiger partial charge in [0.2, 0.25) is 0 Å². The standard InChI is InChI=1S/C26H31ClN4O5/c1-26(2,3)36-25(33)6-5-11-35-22-13-19(8-10-21(22)34-4)31-24-14-23(28-16-29-24)30-18-7-9-20(27)17(12-18)15-32/h7-10,12-14,16,32H,5-6,11,15H2,1-4H3,(H2,28,29,30,31). The Morgan fingerprint density at radius 3 is 2.31 bits per heavy atom. The van der Waals surface area contributed by atoms with Gasteiger partial charge in [0.15, 0.2) is 11.5 Å². The van der Waals surface area contributed by atoms with E-state index in [0.29, 0.717) is 46.7 Å². The van der Waals surface area contributed by atoms with Crippen molar-refractivity contribution < 1.29 is 24.1 Å². The Kier molecular flexibility index (Phi) is 9.32. The van der Waals surface area contributed by atoms with Gasteiger partial charge in [-0.25, -0.2) is 9.97 Å². The first kappa shape index (κ1) is 27.0. The van der Waals surface area contributed by atoms with Crippen LogP contribution in [-0.2, 0) is 16.1 Å². The van der Waals surface area contributed by atoms with E-state index < -0.39 is 5.60 Å². The van der Waals surface area contributed by atoms with E-state index in [4.69, 9.17) is 25.8 Å². The molecule has 0 saturated carbocycles. The fourth-order valence-electron chi connectivity index (χ4n) is 3.22. The van der Waals surface area contributed by atoms with Gasteiger partial charge < -0.3 is 30.0 Å². The minimum atomic E-state index is -0.505. The normalized spacial score (nSPS) is 11.1. The van der Waals surface area contributed by atoms with Crippen molar-refractivity contribution in [3.05, 3.63) is 59.4 Å². The van der Waals surface area contributed by atoms with Crippen LogP contribution < -0.4 is 20.1 Å². The van der Waals surface area contributed by atoms with Crippen molar-refractivity contribution in [3.63, 3.8) is 0 Å². The molecule has 0 aliphatic heterocycles. The minimum absolute atomic E-state index is 0.159. The van der Waals surface area contributed by atoms with Crippen molar-refractivity contribution in [3.8, 4) is 11.5 Å². The van der Waals surface area contributed by atoms with E-state index in [2.05, 4.69) is 20.6 Å². The van der Waals surface area contributed by atoms with Gasteiger partial charge in [-0.3, -0.25) is 4.79 Å². The summed E-state index contributed by atoms with van der Waals surface area (Å²) >= 11 is 6.06. The Morgan fingerprint density at radius 1 is 1.00 bits per heavy atom. The summed E-state index contributed by atoms with van der Waals surface area (Å²) in [5.41, 5.74) is 1.58. The molecule has 36 heavy (non-hydrogen) atoms. The van der Waals surface area contributed by atoms with E-state index in [0.717, 1.165) is 11.4 Å². The van der Waals surface area contributed by atoms with Gasteiger partial charge in [-0.15, -0.1) is 0 Å². The first-order valence-corrected chi connectivity index (χ1v) is 11.8. The van der Waals surface area contributed by atoms with Gasteiger partial charge in [-0.1, -0.05) is 11.6 Å². The summed E-state index contributed by atoms with van der Waals surface area (Å²) in [6, 6.07) is 12.4. The lowest BCUT2D eigenvalue weighted by Crippen LogP contribution is -2.23. The van der Waals surface area contributed by atoms with Crippen molar-refractivity contribution in [1.82, 2.24) is 9.97 Å². The van der Waals surface area contributed by atoms with Crippen LogP contribution >= 0.6 is 11.6 Å². The Morgan fingerprint density at radius 2 is 1.67 bits per heavy atom. The van der Waals surface area contributed by atoms with Crippen molar-refractivity contribution in [2.75, 3.05) is 24.4 Å². The molecule has 0 aliphatic rings. The molecule has 0 saturated heterocycles. The number of anilines is 4. The van der Waals surface area contributed by atoms with Gasteiger partial charge in [0, 0.05) is 35.0 Å². The smallest absolute Gasteiger partial charge is 0.306 e. The first-order chi connectivity index (χ1) is 17.2. The van der Waals surface area contributed by atoms with E-state index in [1.54, 1.807) is 43.5 Å². The lowest BCUT2D eigenvalue weighted by molar-refractivity contribution is -0.155. The van der Waals surface area contributed by atoms with Gasteiger partial charge in [-0.05, 0) is 63.1 Å². The fourth-order valence-corrected chi connectivity index (χ4v) is 3.40. The molecular weight excluding hydrogens is 484 g/mol. The molecular formula is C26H31ClN4O5. The van der Waals surface area contributed by atoms with Crippen molar-refractivity contribution in [1.29, 1.82) is 0 Å². The third-order valence-electron chi connectivity index (χ3n) is 4.79. The predicted octanol–water partition coefficient (Wildman–Crippen LogP) is 5.62. The van der Waals surface area contributed by atoms with Crippen LogP contribution in [0, 0.1) is 0 Å². The van der Waals surface area contributed by atoms with Crippen LogP contribution in [0.15, 0.2) is 48.8 Å². The molecule has 3 N–H and O–H groups in total. The topological polar surface area (TPSA) is 115 Å². The number of hydrogen-bond acceptors (Lipinski definition) is 9. The number of hydrogen-bond donors (Lipinski definition) is 3. The van der Waals surface area contributed by atoms with Crippen LogP contribution in [0.2, 0.25) is 5.02 Å². The molecule has 0 fully saturated rings. The molecule has 1 heterocycles. The number of aliphatic hydroxyl groups is 1. The summed E-state index contributed by atoms with van der Waals surface area (Å²) < 4.78 is 16.6. The van der Waals surface area contributed by atoms with Crippen LogP contribution in [0.25, 0.3) is 0 Å². The van der Waals surface area contributed by atoms with E-state index in [1.165, 1.54) is 6.33 Å². The second-order valence-corrected chi connectivity index (χ2v) is 9.31. The van der Waals surface area contributed by atoms with Crippen molar-refractivity contribution >= 4 is 40.6 Å². The zero-order valence-electron chi connectivity index (χ0n) is 20.8. The number of ether oxygens (including phenoxy) is 3. The zero-order chi connectivity index (χ0) is 26.1. The number of aromatic nitrogens is 2. The van der Waals surface area contributed by atoms with Crippen LogP contribution in [0.5, 0.6) is 11.5 Å². The van der Waals surface area contributed by atoms with E-state index >= 15 is 0 Å². The van der Waals surface area contributed by atoms with Crippen LogP contribution in [-0.4, -0.2) is 40.4 Å². The zero-order valence-corrected chi connectivity index (χ0v) is 21.6. The Balaban J connectivity index is 1.63. The second-order valence-electron chi connectivity index (χ2n) is 8.91. The van der Waals surface area contributed by atoms with Crippen molar-refractivity contribution in [2.45, 2.75) is 45.8 Å². The number of carbonyl (C=O) groups excluding carboxylic acids is 1. The third-order valence-corrected chi connectivity index (χ3v) is 5.16. The number of rotatable bonds is 11. The Labute approximate surface area is 215 Å². The maximum Gasteiger partial charge on any atom is 0.306 e. The average Bonchev–Trinajstić information content (AvgIpc) is 2.82. The highest BCUT2D eigenvalue weighted by Crippen LogP contribution is 2.32. The summed E-state index contributed by atoms with van der Waals surface area (Å²) in [4.78, 5) is 20.4. The molecule has 0 aliphatic carbocycles. The average molecular weight is 515 g/mol. The number of esters is 1. The number of aliphatic hydroxyl groups excluding tert-OH is 1. The molecule has 192 valence electrons. The number of nitrogens with zero attached hydrogens (tertiary/aromatic N) is 2. The lowest BCUT2D eigenvalue weighted by Gasteiger charge is -2.19. The molecule has 1 aromatic heterocycles. The van der Waals surface area contributed by atoms with E-state index in [9.17, 15) is 9.90 Å². The summed E-state index contributed by atoms with van der Waals surface area (Å²) in [5.74, 6) is 1.98. The Bertz CT molecular complexity index is 1180. The molecule has 9 nitrogen and oxygen atoms in total. The SMILES string of the molecule is COc1ccc(Nc2cc(Nc3ccc(Cl)c(CO)c3)ncn2)cc1OCCCC(=O)OC(C)(C)C. The number of nitrogens with one attached hydrogen (secondary N) is 2.